The quantitative estimate of drug-likeness (QED) is 0.0964. The predicted octanol–water partition coefficient (Wildman–Crippen LogP) is 21.9. The van der Waals surface area contributed by atoms with E-state index in [1.165, 1.54) is 18.5 Å². The molecule has 12 nitrogen and oxygen atoms in total. The molecule has 0 fully saturated rings. The summed E-state index contributed by atoms with van der Waals surface area (Å²) in [5, 5.41) is 47.3. The van der Waals surface area contributed by atoms with E-state index in [9.17, 15) is 30.0 Å². The third-order valence-corrected chi connectivity index (χ3v) is 19.3. The number of phenolic OH excluding ortho intramolecular Hbond substituents is 2. The summed E-state index contributed by atoms with van der Waals surface area (Å²) in [6.45, 7) is 52.0. The van der Waals surface area contributed by atoms with E-state index in [1.807, 2.05) is 36.4 Å². The third kappa shape index (κ3) is 15.3. The number of aromatic carboxylic acids is 2. The molecule has 102 heavy (non-hydrogen) atoms. The number of aromatic nitrogens is 6. The fraction of sp³-hybridized carbons (Fsp3) is 0.364. The van der Waals surface area contributed by atoms with Crippen molar-refractivity contribution >= 4 is 34.0 Å². The van der Waals surface area contributed by atoms with Crippen molar-refractivity contribution in [2.45, 2.75) is 209 Å². The van der Waals surface area contributed by atoms with Gasteiger partial charge in [-0.3, -0.25) is 19.1 Å². The number of aromatic hydroxyl groups is 2. The van der Waals surface area contributed by atoms with Gasteiger partial charge in [0.15, 0.2) is 0 Å². The van der Waals surface area contributed by atoms with Crippen molar-refractivity contribution in [2.75, 3.05) is 0 Å². The minimum Gasteiger partial charge on any atom is -0.507 e. The van der Waals surface area contributed by atoms with Gasteiger partial charge in [0.25, 0.3) is 0 Å². The number of hydrogen-bond acceptors (Lipinski definition) is 8. The van der Waals surface area contributed by atoms with E-state index in [2.05, 4.69) is 248 Å². The van der Waals surface area contributed by atoms with Gasteiger partial charge < -0.3 is 20.4 Å². The second-order valence-corrected chi connectivity index (χ2v) is 35.6. The number of rotatable bonds is 10. The van der Waals surface area contributed by atoms with Gasteiger partial charge in [0, 0.05) is 76.0 Å². The molecule has 0 saturated carbocycles. The van der Waals surface area contributed by atoms with Crippen molar-refractivity contribution in [1.82, 2.24) is 29.1 Å². The first-order chi connectivity index (χ1) is 46.1. The monoisotopic (exact) mass is 1720 g/mol. The molecule has 4 N–H and O–H groups in total. The van der Waals surface area contributed by atoms with Gasteiger partial charge in [-0.1, -0.05) is 243 Å². The van der Waals surface area contributed by atoms with Gasteiger partial charge in [0.1, 0.15) is 23.1 Å². The van der Waals surface area contributed by atoms with Crippen LogP contribution in [0, 0.1) is 12.1 Å². The number of carbonyl (C=O) groups is 2. The van der Waals surface area contributed by atoms with Gasteiger partial charge in [-0.15, -0.1) is 47.5 Å². The Kier molecular flexibility index (Phi) is 20.7. The van der Waals surface area contributed by atoms with E-state index in [4.69, 9.17) is 19.9 Å². The van der Waals surface area contributed by atoms with Crippen LogP contribution in [-0.4, -0.2) is 61.4 Å². The number of phenols is 2. The molecule has 0 unspecified atom stereocenters. The molecule has 0 radical (unpaired) electrons. The van der Waals surface area contributed by atoms with Crippen molar-refractivity contribution in [1.29, 1.82) is 0 Å². The van der Waals surface area contributed by atoms with E-state index in [0.29, 0.717) is 78.6 Å². The van der Waals surface area contributed by atoms with Crippen LogP contribution in [0.5, 0.6) is 11.5 Å². The Morgan fingerprint density at radius 2 is 0.647 bits per heavy atom. The maximum atomic E-state index is 13.4. The molecule has 0 aliphatic carbocycles. The summed E-state index contributed by atoms with van der Waals surface area (Å²) in [4.78, 5) is 47.5. The van der Waals surface area contributed by atoms with Gasteiger partial charge in [0.05, 0.1) is 39.5 Å². The molecule has 14 heteroatoms. The van der Waals surface area contributed by atoms with Crippen LogP contribution in [0.1, 0.15) is 231 Å². The number of fused-ring (bicyclic) bond motifs is 2. The molecule has 0 bridgehead atoms. The van der Waals surface area contributed by atoms with Gasteiger partial charge in [-0.2, -0.15) is 0 Å². The first-order valence-corrected chi connectivity index (χ1v) is 34.7. The standard InChI is InChI=1S/C88H98N6O6.2Pt/c1-81(2,3)55-37-56(82(4,5)6)40-61(39-55)93-71-29-25-27-63(73(71)91-77(93)65-43-59(85(13,14)15)45-67(75(65)95)87(19,20)21)49-31-51(35-53(33-49)79(97)98)69-47-70(90-48-89-69)52-32-50(34-54(36-52)80(99)100)64-28-26-30-72-74(64)92-78(66-44-60(86(16,17)18)46-68(76(66)96)88(22,23)24)94(72)62-41-57(83(7,8)9)38-58(42-62)84(10,11)12;;/h25-30,33-48,95-96H,1-24H3,(H,97,98)(H,99,100);;/q-2;;. The average Bonchev–Trinajstić information content (AvgIpc) is 1.53. The Morgan fingerprint density at radius 3 is 0.931 bits per heavy atom. The molecule has 0 spiro atoms. The normalized spacial score (nSPS) is 12.8. The first kappa shape index (κ1) is 77.8. The molecule has 11 aromatic rings. The van der Waals surface area contributed by atoms with Gasteiger partial charge >= 0.3 is 11.9 Å². The molecule has 3 heterocycles. The zero-order valence-electron chi connectivity index (χ0n) is 63.6. The summed E-state index contributed by atoms with van der Waals surface area (Å²) in [7, 11) is 0. The van der Waals surface area contributed by atoms with Crippen LogP contribution in [0.2, 0.25) is 0 Å². The zero-order valence-corrected chi connectivity index (χ0v) is 68.2. The third-order valence-electron chi connectivity index (χ3n) is 19.3. The SMILES string of the molecule is CC(C)(C)c1cc(-n2c(-c3cc(C(C)(C)C)cc(C(C)(C)C)c3O)nc3c(-c4[c-]c(-c5cc(-c6[c-]c(-c7cccc8c7nc(-c7cc(C(C)(C)C)cc(C(C)(C)C)c7O)n8-c7cc(C(C)(C)C)cc(C(C)(C)C)c7)cc(C(=O)O)c6)ncn5)cc(C(=O)O)c4)cccc32)cc(C(C)(C)C)c1.[Pt].[Pt]. The molecule has 0 saturated heterocycles. The van der Waals surface area contributed by atoms with Gasteiger partial charge in [-0.25, -0.2) is 19.6 Å². The van der Waals surface area contributed by atoms with E-state index < -0.39 is 22.8 Å². The van der Waals surface area contributed by atoms with Gasteiger partial charge in [-0.05, 0) is 136 Å². The topological polar surface area (TPSA) is 176 Å². The number of carboxylic acid groups (broad SMARTS) is 2. The average molecular weight is 1730 g/mol. The van der Waals surface area contributed by atoms with Crippen LogP contribution in [0.3, 0.4) is 0 Å². The number of benzene rings is 8. The molecule has 0 atom stereocenters. The van der Waals surface area contributed by atoms with Crippen LogP contribution in [0.15, 0.2) is 134 Å². The minimum atomic E-state index is -1.17. The second-order valence-electron chi connectivity index (χ2n) is 35.6. The summed E-state index contributed by atoms with van der Waals surface area (Å²) < 4.78 is 4.26. The minimum absolute atomic E-state index is 0. The number of hydrogen-bond donors (Lipinski definition) is 4. The Morgan fingerprint density at radius 1 is 0.353 bits per heavy atom. The van der Waals surface area contributed by atoms with E-state index in [0.717, 1.165) is 66.9 Å². The van der Waals surface area contributed by atoms with Crippen molar-refractivity contribution in [3.8, 4) is 90.4 Å². The first-order valence-electron chi connectivity index (χ1n) is 34.7. The van der Waals surface area contributed by atoms with E-state index in [-0.39, 0.29) is 97.2 Å². The smallest absolute Gasteiger partial charge is 0.320 e. The summed E-state index contributed by atoms with van der Waals surface area (Å²) in [6.07, 6.45) is 1.37. The molecular formula is C88H98N6O6Pt2-2. The van der Waals surface area contributed by atoms with Crippen LogP contribution in [0.4, 0.5) is 0 Å². The largest absolute Gasteiger partial charge is 0.507 e. The van der Waals surface area contributed by atoms with Crippen LogP contribution < -0.4 is 0 Å². The maximum absolute atomic E-state index is 13.4. The number of nitrogens with zero attached hydrogens (tertiary/aromatic N) is 6. The van der Waals surface area contributed by atoms with Crippen LogP contribution in [0.25, 0.3) is 101 Å². The fourth-order valence-electron chi connectivity index (χ4n) is 13.0. The second kappa shape index (κ2) is 27.1. The predicted molar refractivity (Wildman–Crippen MR) is 408 cm³/mol. The van der Waals surface area contributed by atoms with E-state index >= 15 is 0 Å². The number of carboxylic acids is 2. The molecular weight excluding hydrogens is 1630 g/mol. The molecule has 0 amide bonds. The molecule has 0 aliphatic heterocycles. The van der Waals surface area contributed by atoms with E-state index in [1.54, 1.807) is 18.2 Å². The summed E-state index contributed by atoms with van der Waals surface area (Å²) in [6, 6.07) is 48.5. The molecule has 538 valence electrons. The van der Waals surface area contributed by atoms with Crippen molar-refractivity contribution in [3.63, 3.8) is 0 Å². The summed E-state index contributed by atoms with van der Waals surface area (Å²) in [5.41, 5.74) is 14.4. The molecule has 3 aromatic heterocycles. The maximum Gasteiger partial charge on any atom is 0.320 e. The van der Waals surface area contributed by atoms with Crippen molar-refractivity contribution in [2.24, 2.45) is 0 Å². The van der Waals surface area contributed by atoms with Gasteiger partial charge in [0.2, 0.25) is 0 Å². The Bertz CT molecular complexity index is 4750. The zero-order chi connectivity index (χ0) is 73.4. The fourth-order valence-corrected chi connectivity index (χ4v) is 13.0. The van der Waals surface area contributed by atoms with Crippen molar-refractivity contribution in [3.05, 3.63) is 201 Å². The van der Waals surface area contributed by atoms with Crippen LogP contribution >= 0.6 is 0 Å². The van der Waals surface area contributed by atoms with Crippen LogP contribution in [-0.2, 0) is 85.5 Å². The summed E-state index contributed by atoms with van der Waals surface area (Å²) >= 11 is 0. The molecule has 11 rings (SSSR count). The Labute approximate surface area is 632 Å². The summed E-state index contributed by atoms with van der Waals surface area (Å²) in [5.74, 6) is -1.06. The number of imidazole rings is 2. The molecule has 8 aromatic carbocycles. The number of para-hydroxylation sites is 2. The van der Waals surface area contributed by atoms with Crippen molar-refractivity contribution < 1.29 is 72.1 Å². The Hall–Kier alpha value is -8.30. The Balaban J connectivity index is 0.00000605. The molecule has 0 aliphatic rings.